The molecule has 0 N–H and O–H groups in total. The van der Waals surface area contributed by atoms with E-state index in [9.17, 15) is 10.1 Å². The zero-order chi connectivity index (χ0) is 15.1. The highest BCUT2D eigenvalue weighted by atomic mass is 16.6. The Labute approximate surface area is 122 Å². The van der Waals surface area contributed by atoms with Crippen molar-refractivity contribution in [2.75, 3.05) is 0 Å². The maximum absolute atomic E-state index is 10.9. The second-order valence-corrected chi connectivity index (χ2v) is 4.79. The minimum Gasteiger partial charge on any atom is -0.264 e. The van der Waals surface area contributed by atoms with Gasteiger partial charge < -0.3 is 0 Å². The van der Waals surface area contributed by atoms with Crippen LogP contribution < -0.4 is 0 Å². The summed E-state index contributed by atoms with van der Waals surface area (Å²) < 4.78 is 0. The number of nitro groups is 1. The molecular formula is C17H27NO2. The molecule has 0 fully saturated rings. The molecular weight excluding hydrogens is 250 g/mol. The van der Waals surface area contributed by atoms with Crippen LogP contribution in [0.25, 0.3) is 0 Å². The van der Waals surface area contributed by atoms with Crippen LogP contribution in [0.1, 0.15) is 51.4 Å². The fourth-order valence-corrected chi connectivity index (χ4v) is 1.77. The smallest absolute Gasteiger partial charge is 0.219 e. The van der Waals surface area contributed by atoms with E-state index in [4.69, 9.17) is 0 Å². The topological polar surface area (TPSA) is 43.1 Å². The summed E-state index contributed by atoms with van der Waals surface area (Å²) >= 11 is 0. The Hall–Kier alpha value is -1.64. The molecule has 0 aromatic carbocycles. The lowest BCUT2D eigenvalue weighted by Crippen LogP contribution is -2.17. The predicted octanol–water partition coefficient (Wildman–Crippen LogP) is 5.24. The Bertz CT molecular complexity index is 306. The highest BCUT2D eigenvalue weighted by Gasteiger charge is 2.15. The number of allylic oxidation sites excluding steroid dienone is 4. The van der Waals surface area contributed by atoms with E-state index in [0.717, 1.165) is 38.5 Å². The number of hydrogen-bond donors (Lipinski definition) is 0. The van der Waals surface area contributed by atoms with Gasteiger partial charge >= 0.3 is 0 Å². The molecule has 0 aliphatic rings. The van der Waals surface area contributed by atoms with Crippen molar-refractivity contribution in [2.24, 2.45) is 0 Å². The van der Waals surface area contributed by atoms with Crippen molar-refractivity contribution in [2.45, 2.75) is 57.4 Å². The average molecular weight is 277 g/mol. The molecule has 0 aromatic heterocycles. The van der Waals surface area contributed by atoms with Crippen LogP contribution in [0, 0.1) is 10.1 Å². The molecule has 0 aromatic rings. The van der Waals surface area contributed by atoms with Crippen molar-refractivity contribution in [3.05, 3.63) is 59.7 Å². The van der Waals surface area contributed by atoms with Gasteiger partial charge in [0.2, 0.25) is 6.04 Å². The third kappa shape index (κ3) is 11.5. The van der Waals surface area contributed by atoms with Gasteiger partial charge in [-0.25, -0.2) is 0 Å². The third-order valence-corrected chi connectivity index (χ3v) is 3.01. The summed E-state index contributed by atoms with van der Waals surface area (Å²) in [5.74, 6) is 0. The van der Waals surface area contributed by atoms with Crippen molar-refractivity contribution in [3.63, 3.8) is 0 Å². The molecule has 3 heteroatoms. The summed E-state index contributed by atoms with van der Waals surface area (Å²) in [7, 11) is 0. The van der Waals surface area contributed by atoms with Crippen molar-refractivity contribution >= 4 is 0 Å². The van der Waals surface area contributed by atoms with E-state index in [1.807, 2.05) is 36.5 Å². The zero-order valence-corrected chi connectivity index (χ0v) is 12.4. The maximum atomic E-state index is 10.9. The Morgan fingerprint density at radius 1 is 0.850 bits per heavy atom. The van der Waals surface area contributed by atoms with E-state index in [2.05, 4.69) is 13.2 Å². The monoisotopic (exact) mass is 277 g/mol. The average Bonchev–Trinajstić information content (AvgIpc) is 2.43. The summed E-state index contributed by atoms with van der Waals surface area (Å²) in [5, 5.41) is 10.9. The van der Waals surface area contributed by atoms with Crippen LogP contribution in [-0.2, 0) is 0 Å². The Balaban J connectivity index is 3.89. The van der Waals surface area contributed by atoms with E-state index in [0.29, 0.717) is 12.8 Å². The van der Waals surface area contributed by atoms with E-state index >= 15 is 0 Å². The molecule has 0 unspecified atom stereocenters. The van der Waals surface area contributed by atoms with Crippen LogP contribution in [-0.4, -0.2) is 11.0 Å². The van der Waals surface area contributed by atoms with Gasteiger partial charge in [-0.2, -0.15) is 0 Å². The summed E-state index contributed by atoms with van der Waals surface area (Å²) in [6, 6.07) is -0.499. The van der Waals surface area contributed by atoms with Gasteiger partial charge in [-0.1, -0.05) is 36.5 Å². The highest BCUT2D eigenvalue weighted by Crippen LogP contribution is 2.08. The second kappa shape index (κ2) is 13.8. The number of rotatable bonds is 13. The van der Waals surface area contributed by atoms with Gasteiger partial charge in [0.1, 0.15) is 0 Å². The zero-order valence-electron chi connectivity index (χ0n) is 12.4. The van der Waals surface area contributed by atoms with Crippen LogP contribution in [0.4, 0.5) is 0 Å². The molecule has 0 amide bonds. The van der Waals surface area contributed by atoms with E-state index < -0.39 is 6.04 Å². The summed E-state index contributed by atoms with van der Waals surface area (Å²) in [6.45, 7) is 7.33. The standard InChI is InChI=1S/C17H27NO2/c1-3-5-7-9-11-13-15-17(18(19)20)16-14-12-10-8-6-4-2/h3-4,11-14,17H,1-2,5-10,15-16H2/b13-11+,14-12+. The maximum Gasteiger partial charge on any atom is 0.219 e. The lowest BCUT2D eigenvalue weighted by atomic mass is 10.1. The number of unbranched alkanes of at least 4 members (excludes halogenated alkanes) is 4. The van der Waals surface area contributed by atoms with Crippen molar-refractivity contribution in [1.29, 1.82) is 0 Å². The first-order valence-electron chi connectivity index (χ1n) is 7.37. The molecule has 112 valence electrons. The van der Waals surface area contributed by atoms with Crippen LogP contribution in [0.2, 0.25) is 0 Å². The van der Waals surface area contributed by atoms with Crippen molar-refractivity contribution in [1.82, 2.24) is 0 Å². The number of nitrogens with zero attached hydrogens (tertiary/aromatic N) is 1. The third-order valence-electron chi connectivity index (χ3n) is 3.01. The van der Waals surface area contributed by atoms with Gasteiger partial charge in [-0.3, -0.25) is 10.1 Å². The van der Waals surface area contributed by atoms with Crippen LogP contribution >= 0.6 is 0 Å². The quantitative estimate of drug-likeness (QED) is 0.200. The fraction of sp³-hybridized carbons (Fsp3) is 0.529. The Morgan fingerprint density at radius 2 is 1.30 bits per heavy atom. The van der Waals surface area contributed by atoms with Gasteiger partial charge in [0, 0.05) is 17.8 Å². The first-order chi connectivity index (χ1) is 9.72. The van der Waals surface area contributed by atoms with E-state index in [-0.39, 0.29) is 4.92 Å². The van der Waals surface area contributed by atoms with Crippen molar-refractivity contribution in [3.8, 4) is 0 Å². The Morgan fingerprint density at radius 3 is 1.65 bits per heavy atom. The molecule has 0 heterocycles. The summed E-state index contributed by atoms with van der Waals surface area (Å²) in [4.78, 5) is 10.8. The van der Waals surface area contributed by atoms with E-state index in [1.165, 1.54) is 0 Å². The van der Waals surface area contributed by atoms with Crippen molar-refractivity contribution < 1.29 is 4.92 Å². The lowest BCUT2D eigenvalue weighted by molar-refractivity contribution is -0.520. The molecule has 0 saturated heterocycles. The molecule has 3 nitrogen and oxygen atoms in total. The molecule has 0 atom stereocenters. The fourth-order valence-electron chi connectivity index (χ4n) is 1.77. The second-order valence-electron chi connectivity index (χ2n) is 4.79. The molecule has 0 saturated carbocycles. The first-order valence-corrected chi connectivity index (χ1v) is 7.37. The Kier molecular flexibility index (Phi) is 12.7. The highest BCUT2D eigenvalue weighted by molar-refractivity contribution is 4.90. The predicted molar refractivity (Wildman–Crippen MR) is 86.4 cm³/mol. The molecule has 0 aliphatic carbocycles. The molecule has 0 spiro atoms. The minimum atomic E-state index is -0.499. The number of hydrogen-bond acceptors (Lipinski definition) is 2. The van der Waals surface area contributed by atoms with Gasteiger partial charge in [0.05, 0.1) is 0 Å². The largest absolute Gasteiger partial charge is 0.264 e. The molecule has 0 aliphatic heterocycles. The van der Waals surface area contributed by atoms with Gasteiger partial charge in [0.15, 0.2) is 0 Å². The summed E-state index contributed by atoms with van der Waals surface area (Å²) in [6.07, 6.45) is 18.8. The summed E-state index contributed by atoms with van der Waals surface area (Å²) in [5.41, 5.74) is 0. The lowest BCUT2D eigenvalue weighted by Gasteiger charge is -2.03. The molecule has 20 heavy (non-hydrogen) atoms. The molecule has 0 bridgehead atoms. The van der Waals surface area contributed by atoms with Crippen LogP contribution in [0.3, 0.4) is 0 Å². The van der Waals surface area contributed by atoms with Gasteiger partial charge in [0.25, 0.3) is 0 Å². The molecule has 0 rings (SSSR count). The van der Waals surface area contributed by atoms with Gasteiger partial charge in [-0.15, -0.1) is 13.2 Å². The molecule has 0 radical (unpaired) electrons. The van der Waals surface area contributed by atoms with E-state index in [1.54, 1.807) is 0 Å². The SMILES string of the molecule is C=CCCC/C=C/CC(C/C=C/CCCC=C)[N+](=O)[O-]. The van der Waals surface area contributed by atoms with Crippen LogP contribution in [0.15, 0.2) is 49.6 Å². The normalized spacial score (nSPS) is 11.4. The van der Waals surface area contributed by atoms with Crippen LogP contribution in [0.5, 0.6) is 0 Å². The minimum absolute atomic E-state index is 0.178. The first kappa shape index (κ1) is 18.4. The van der Waals surface area contributed by atoms with Gasteiger partial charge in [-0.05, 0) is 38.5 Å².